The minimum atomic E-state index is -0.186. The minimum absolute atomic E-state index is 0.00734. The van der Waals surface area contributed by atoms with Gasteiger partial charge in [-0.15, -0.1) is 0 Å². The molecular formula is C22H24N4O3. The summed E-state index contributed by atoms with van der Waals surface area (Å²) in [5.74, 6) is 0.186. The molecule has 7 nitrogen and oxygen atoms in total. The minimum Gasteiger partial charge on any atom is -0.508 e. The number of aromatic nitrogens is 3. The number of fused-ring (bicyclic) bond motifs is 1. The first-order chi connectivity index (χ1) is 14.1. The second-order valence-corrected chi connectivity index (χ2v) is 8.05. The molecule has 2 aromatic heterocycles. The van der Waals surface area contributed by atoms with Crippen molar-refractivity contribution in [3.05, 3.63) is 42.1 Å². The third-order valence-corrected chi connectivity index (χ3v) is 6.08. The number of rotatable bonds is 2. The number of carbonyl (C=O) groups excluding carboxylic acids is 1. The van der Waals surface area contributed by atoms with Crippen molar-refractivity contribution in [2.75, 3.05) is 19.7 Å². The summed E-state index contributed by atoms with van der Waals surface area (Å²) in [6.45, 7) is 2.16. The van der Waals surface area contributed by atoms with Crippen LogP contribution in [0.25, 0.3) is 22.3 Å². The highest BCUT2D eigenvalue weighted by atomic mass is 16.5. The first-order valence-corrected chi connectivity index (χ1v) is 10.2. The third-order valence-electron chi connectivity index (χ3n) is 6.08. The molecule has 0 saturated carbocycles. The Hall–Kier alpha value is -2.93. The number of ether oxygens (including phenoxy) is 1. The van der Waals surface area contributed by atoms with Gasteiger partial charge in [0.15, 0.2) is 5.65 Å². The van der Waals surface area contributed by atoms with E-state index in [2.05, 4.69) is 15.2 Å². The monoisotopic (exact) mass is 392 g/mol. The second kappa shape index (κ2) is 7.15. The van der Waals surface area contributed by atoms with Crippen LogP contribution in [-0.2, 0) is 4.74 Å². The van der Waals surface area contributed by atoms with Gasteiger partial charge in [0.1, 0.15) is 5.75 Å². The van der Waals surface area contributed by atoms with Gasteiger partial charge in [-0.1, -0.05) is 0 Å². The summed E-state index contributed by atoms with van der Waals surface area (Å²) in [6.07, 6.45) is 6.92. The fourth-order valence-electron chi connectivity index (χ4n) is 4.56. The number of aromatic amines is 1. The Bertz CT molecular complexity index is 1030. The lowest BCUT2D eigenvalue weighted by Crippen LogP contribution is -2.53. The molecule has 1 unspecified atom stereocenters. The van der Waals surface area contributed by atoms with E-state index >= 15 is 0 Å². The Morgan fingerprint density at radius 2 is 2.00 bits per heavy atom. The third kappa shape index (κ3) is 3.35. The number of amides is 1. The average molecular weight is 392 g/mol. The van der Waals surface area contributed by atoms with Crippen molar-refractivity contribution in [1.82, 2.24) is 20.1 Å². The molecule has 1 amide bonds. The lowest BCUT2D eigenvalue weighted by Gasteiger charge is -2.45. The largest absolute Gasteiger partial charge is 0.508 e. The number of aromatic hydroxyl groups is 1. The van der Waals surface area contributed by atoms with Crippen LogP contribution < -0.4 is 0 Å². The molecule has 5 rings (SSSR count). The first-order valence-electron chi connectivity index (χ1n) is 10.2. The molecule has 2 saturated heterocycles. The maximum absolute atomic E-state index is 13.5. The summed E-state index contributed by atoms with van der Waals surface area (Å²) in [5.41, 5.74) is 2.50. The van der Waals surface area contributed by atoms with Crippen molar-refractivity contribution in [2.45, 2.75) is 37.7 Å². The van der Waals surface area contributed by atoms with Crippen molar-refractivity contribution in [3.8, 4) is 17.0 Å². The van der Waals surface area contributed by atoms with Gasteiger partial charge in [0.05, 0.1) is 28.4 Å². The molecular weight excluding hydrogens is 368 g/mol. The van der Waals surface area contributed by atoms with Gasteiger partial charge in [-0.2, -0.15) is 5.10 Å². The normalized spacial score (nSPS) is 22.3. The van der Waals surface area contributed by atoms with Gasteiger partial charge in [-0.05, 0) is 62.4 Å². The standard InChI is InChI=1S/C22H24N4O3/c27-16-6-4-15(5-7-16)19-12-17(18-13-23-25-20(18)24-19)21(28)26-10-3-9-22(14-26)8-1-2-11-29-22/h4-7,12-13,27H,1-3,8-11,14H2,(H,23,24,25). The first kappa shape index (κ1) is 18.1. The van der Waals surface area contributed by atoms with E-state index in [1.165, 1.54) is 0 Å². The molecule has 3 aromatic rings. The molecule has 0 radical (unpaired) electrons. The molecule has 150 valence electrons. The summed E-state index contributed by atoms with van der Waals surface area (Å²) in [4.78, 5) is 20.1. The quantitative estimate of drug-likeness (QED) is 0.696. The van der Waals surface area contributed by atoms with Crippen molar-refractivity contribution < 1.29 is 14.6 Å². The maximum atomic E-state index is 13.5. The van der Waals surface area contributed by atoms with Crippen LogP contribution in [0.3, 0.4) is 0 Å². The highest BCUT2D eigenvalue weighted by Crippen LogP contribution is 2.35. The Morgan fingerprint density at radius 3 is 2.79 bits per heavy atom. The van der Waals surface area contributed by atoms with Crippen LogP contribution in [0, 0.1) is 0 Å². The Morgan fingerprint density at radius 1 is 1.17 bits per heavy atom. The van der Waals surface area contributed by atoms with Gasteiger partial charge < -0.3 is 14.7 Å². The van der Waals surface area contributed by atoms with E-state index in [1.807, 2.05) is 11.0 Å². The molecule has 0 bridgehead atoms. The van der Waals surface area contributed by atoms with Crippen LogP contribution in [0.15, 0.2) is 36.5 Å². The van der Waals surface area contributed by atoms with Gasteiger partial charge in [-0.25, -0.2) is 4.98 Å². The summed E-state index contributed by atoms with van der Waals surface area (Å²) < 4.78 is 6.15. The molecule has 7 heteroatoms. The number of nitrogens with one attached hydrogen (secondary N) is 1. The predicted molar refractivity (Wildman–Crippen MR) is 109 cm³/mol. The topological polar surface area (TPSA) is 91.3 Å². The van der Waals surface area contributed by atoms with Crippen LogP contribution in [0.1, 0.15) is 42.5 Å². The van der Waals surface area contributed by atoms with Gasteiger partial charge in [0.2, 0.25) is 0 Å². The predicted octanol–water partition coefficient (Wildman–Crippen LogP) is 3.51. The van der Waals surface area contributed by atoms with Crippen molar-refractivity contribution in [1.29, 1.82) is 0 Å². The fraction of sp³-hybridized carbons (Fsp3) is 0.409. The number of hydrogen-bond donors (Lipinski definition) is 2. The van der Waals surface area contributed by atoms with Crippen LogP contribution in [0.4, 0.5) is 0 Å². The Labute approximate surface area is 168 Å². The van der Waals surface area contributed by atoms with E-state index in [-0.39, 0.29) is 17.3 Å². The molecule has 4 heterocycles. The maximum Gasteiger partial charge on any atom is 0.254 e. The number of carbonyl (C=O) groups is 1. The molecule has 2 aliphatic heterocycles. The molecule has 1 atom stereocenters. The molecule has 1 spiro atoms. The number of H-pyrrole nitrogens is 1. The molecule has 2 aliphatic rings. The highest BCUT2D eigenvalue weighted by molar-refractivity contribution is 6.06. The zero-order valence-electron chi connectivity index (χ0n) is 16.2. The second-order valence-electron chi connectivity index (χ2n) is 8.05. The van der Waals surface area contributed by atoms with Crippen LogP contribution in [0.2, 0.25) is 0 Å². The number of pyridine rings is 1. The van der Waals surface area contributed by atoms with Crippen LogP contribution >= 0.6 is 0 Å². The number of nitrogens with zero attached hydrogens (tertiary/aromatic N) is 3. The molecule has 2 fully saturated rings. The number of likely N-dealkylation sites (tertiary alicyclic amines) is 1. The van der Waals surface area contributed by atoms with Crippen molar-refractivity contribution >= 4 is 16.9 Å². The van der Waals surface area contributed by atoms with Crippen LogP contribution in [-0.4, -0.2) is 56.4 Å². The van der Waals surface area contributed by atoms with E-state index in [1.54, 1.807) is 30.5 Å². The summed E-state index contributed by atoms with van der Waals surface area (Å²) in [6, 6.07) is 8.64. The zero-order valence-corrected chi connectivity index (χ0v) is 16.2. The number of hydrogen-bond acceptors (Lipinski definition) is 5. The Kier molecular flexibility index (Phi) is 4.47. The number of phenols is 1. The summed E-state index contributed by atoms with van der Waals surface area (Å²) >= 11 is 0. The molecule has 29 heavy (non-hydrogen) atoms. The Balaban J connectivity index is 1.51. The van der Waals surface area contributed by atoms with E-state index in [0.717, 1.165) is 56.2 Å². The van der Waals surface area contributed by atoms with E-state index in [4.69, 9.17) is 4.74 Å². The van der Waals surface area contributed by atoms with E-state index < -0.39 is 0 Å². The van der Waals surface area contributed by atoms with E-state index in [9.17, 15) is 9.90 Å². The lowest BCUT2D eigenvalue weighted by molar-refractivity contribution is -0.110. The lowest BCUT2D eigenvalue weighted by atomic mass is 9.85. The van der Waals surface area contributed by atoms with Gasteiger partial charge >= 0.3 is 0 Å². The highest BCUT2D eigenvalue weighted by Gasteiger charge is 2.39. The van der Waals surface area contributed by atoms with Crippen molar-refractivity contribution in [3.63, 3.8) is 0 Å². The van der Waals surface area contributed by atoms with Gasteiger partial charge in [-0.3, -0.25) is 9.89 Å². The van der Waals surface area contributed by atoms with Gasteiger partial charge in [0, 0.05) is 25.3 Å². The molecule has 2 N–H and O–H groups in total. The SMILES string of the molecule is O=C(c1cc(-c2ccc(O)cc2)nc2[nH]ncc12)N1CCCC2(CCCCO2)C1. The number of phenolic OH excluding ortho intramolecular Hbond substituents is 1. The fourth-order valence-corrected chi connectivity index (χ4v) is 4.56. The zero-order chi connectivity index (χ0) is 19.8. The average Bonchev–Trinajstić information content (AvgIpc) is 3.22. The van der Waals surface area contributed by atoms with Gasteiger partial charge in [0.25, 0.3) is 5.91 Å². The van der Waals surface area contributed by atoms with E-state index in [0.29, 0.717) is 23.4 Å². The molecule has 0 aliphatic carbocycles. The van der Waals surface area contributed by atoms with Crippen molar-refractivity contribution in [2.24, 2.45) is 0 Å². The number of piperidine rings is 1. The number of benzene rings is 1. The van der Waals surface area contributed by atoms with Crippen LogP contribution in [0.5, 0.6) is 5.75 Å². The summed E-state index contributed by atoms with van der Waals surface area (Å²) in [7, 11) is 0. The smallest absolute Gasteiger partial charge is 0.254 e. The summed E-state index contributed by atoms with van der Waals surface area (Å²) in [5, 5.41) is 17.3. The molecule has 1 aromatic carbocycles.